The molecule has 1 amide bonds. The van der Waals surface area contributed by atoms with Gasteiger partial charge in [-0.25, -0.2) is 4.79 Å². The Balaban J connectivity index is 2.02. The first-order valence-electron chi connectivity index (χ1n) is 7.69. The van der Waals surface area contributed by atoms with Crippen LogP contribution in [-0.4, -0.2) is 70.6 Å². The van der Waals surface area contributed by atoms with Gasteiger partial charge in [0.05, 0.1) is 19.4 Å². The monoisotopic (exact) mass is 338 g/mol. The number of furan rings is 1. The summed E-state index contributed by atoms with van der Waals surface area (Å²) in [5, 5.41) is 9.43. The molecule has 8 nitrogen and oxygen atoms in total. The summed E-state index contributed by atoms with van der Waals surface area (Å²) in [6.45, 7) is 5.70. The largest absolute Gasteiger partial charge is 0.480 e. The molecule has 0 aliphatic carbocycles. The minimum Gasteiger partial charge on any atom is -0.480 e. The van der Waals surface area contributed by atoms with Gasteiger partial charge in [0.15, 0.2) is 5.76 Å². The van der Waals surface area contributed by atoms with E-state index in [-0.39, 0.29) is 31.2 Å². The van der Waals surface area contributed by atoms with Crippen molar-refractivity contribution in [2.75, 3.05) is 26.2 Å². The molecular formula is C16H22N2O6. The molecule has 0 radical (unpaired) electrons. The number of rotatable bonds is 4. The van der Waals surface area contributed by atoms with E-state index < -0.39 is 23.7 Å². The molecule has 1 aromatic heterocycles. The first-order chi connectivity index (χ1) is 11.2. The minimum absolute atomic E-state index is 0.0321. The summed E-state index contributed by atoms with van der Waals surface area (Å²) in [6, 6.07) is 2.17. The third-order valence-corrected chi connectivity index (χ3v) is 3.57. The lowest BCUT2D eigenvalue weighted by Crippen LogP contribution is -2.59. The summed E-state index contributed by atoms with van der Waals surface area (Å²) in [5.74, 6) is -1.19. The fraction of sp³-hybridized carbons (Fsp3) is 0.562. The smallest absolute Gasteiger partial charge is 0.410 e. The van der Waals surface area contributed by atoms with Crippen molar-refractivity contribution in [1.29, 1.82) is 0 Å². The highest BCUT2D eigenvalue weighted by atomic mass is 16.6. The van der Waals surface area contributed by atoms with Crippen LogP contribution in [0.3, 0.4) is 0 Å². The maximum Gasteiger partial charge on any atom is 0.410 e. The van der Waals surface area contributed by atoms with Crippen molar-refractivity contribution in [2.45, 2.75) is 32.4 Å². The van der Waals surface area contributed by atoms with E-state index in [0.29, 0.717) is 6.54 Å². The highest BCUT2D eigenvalue weighted by molar-refractivity contribution is 5.95. The Kier molecular flexibility index (Phi) is 5.28. The normalized spacial score (nSPS) is 19.1. The Morgan fingerprint density at radius 2 is 2.04 bits per heavy atom. The number of Topliss-reactive ketones (excluding diaryl/α,β-unsaturated/α-hetero) is 1. The molecule has 1 aromatic rings. The molecule has 0 aromatic carbocycles. The Bertz CT molecular complexity index is 605. The molecule has 8 heteroatoms. The highest BCUT2D eigenvalue weighted by Gasteiger charge is 2.37. The predicted octanol–water partition coefficient (Wildman–Crippen LogP) is 1.47. The topological polar surface area (TPSA) is 100 Å². The van der Waals surface area contributed by atoms with Gasteiger partial charge < -0.3 is 19.2 Å². The van der Waals surface area contributed by atoms with Gasteiger partial charge in [-0.05, 0) is 32.9 Å². The van der Waals surface area contributed by atoms with Gasteiger partial charge in [0, 0.05) is 13.1 Å². The lowest BCUT2D eigenvalue weighted by molar-refractivity contribution is -0.145. The third kappa shape index (κ3) is 4.58. The van der Waals surface area contributed by atoms with Crippen molar-refractivity contribution in [3.63, 3.8) is 0 Å². The molecule has 1 N–H and O–H groups in total. The first kappa shape index (κ1) is 18.0. The van der Waals surface area contributed by atoms with Gasteiger partial charge in [0.25, 0.3) is 0 Å². The van der Waals surface area contributed by atoms with Crippen molar-refractivity contribution in [1.82, 2.24) is 9.80 Å². The molecule has 1 saturated heterocycles. The van der Waals surface area contributed by atoms with Gasteiger partial charge in [0.1, 0.15) is 11.6 Å². The standard InChI is InChI=1S/C16H22N2O6/c1-16(2,3)24-15(22)18-7-6-17(11(9-18)14(20)21)10-12(19)13-5-4-8-23-13/h4-5,8,11H,6-7,9-10H2,1-3H3,(H,20,21)/t11-/m1/s1. The van der Waals surface area contributed by atoms with E-state index in [0.717, 1.165) is 0 Å². The van der Waals surface area contributed by atoms with E-state index in [1.165, 1.54) is 22.1 Å². The summed E-state index contributed by atoms with van der Waals surface area (Å²) in [6.07, 6.45) is 0.841. The first-order valence-corrected chi connectivity index (χ1v) is 7.69. The number of hydrogen-bond donors (Lipinski definition) is 1. The van der Waals surface area contributed by atoms with Crippen molar-refractivity contribution in [2.24, 2.45) is 0 Å². The third-order valence-electron chi connectivity index (χ3n) is 3.57. The maximum absolute atomic E-state index is 12.1. The van der Waals surface area contributed by atoms with Crippen LogP contribution in [0.15, 0.2) is 22.8 Å². The second kappa shape index (κ2) is 7.04. The van der Waals surface area contributed by atoms with Gasteiger partial charge in [-0.3, -0.25) is 14.5 Å². The van der Waals surface area contributed by atoms with E-state index in [9.17, 15) is 19.5 Å². The number of piperazine rings is 1. The zero-order valence-electron chi connectivity index (χ0n) is 14.0. The number of hydrogen-bond acceptors (Lipinski definition) is 6. The molecule has 0 saturated carbocycles. The molecule has 2 heterocycles. The van der Waals surface area contributed by atoms with E-state index in [4.69, 9.17) is 9.15 Å². The average Bonchev–Trinajstić information content (AvgIpc) is 2.99. The fourth-order valence-electron chi connectivity index (χ4n) is 2.44. The van der Waals surface area contributed by atoms with Crippen LogP contribution in [0.2, 0.25) is 0 Å². The van der Waals surface area contributed by atoms with Crippen molar-refractivity contribution in [3.05, 3.63) is 24.2 Å². The molecule has 0 bridgehead atoms. The van der Waals surface area contributed by atoms with Crippen molar-refractivity contribution in [3.8, 4) is 0 Å². The lowest BCUT2D eigenvalue weighted by Gasteiger charge is -2.39. The van der Waals surface area contributed by atoms with Gasteiger partial charge in [-0.1, -0.05) is 0 Å². The van der Waals surface area contributed by atoms with E-state index >= 15 is 0 Å². The minimum atomic E-state index is -1.09. The van der Waals surface area contributed by atoms with Gasteiger partial charge >= 0.3 is 12.1 Å². The predicted molar refractivity (Wildman–Crippen MR) is 83.8 cm³/mol. The Hall–Kier alpha value is -2.35. The molecule has 1 fully saturated rings. The van der Waals surface area contributed by atoms with Crippen LogP contribution in [0.25, 0.3) is 0 Å². The van der Waals surface area contributed by atoms with Gasteiger partial charge in [-0.15, -0.1) is 0 Å². The van der Waals surface area contributed by atoms with Crippen LogP contribution in [0.1, 0.15) is 31.3 Å². The number of aliphatic carboxylic acids is 1. The van der Waals surface area contributed by atoms with Gasteiger partial charge in [0.2, 0.25) is 5.78 Å². The summed E-state index contributed by atoms with van der Waals surface area (Å²) in [5.41, 5.74) is -0.651. The number of ketones is 1. The second-order valence-electron chi connectivity index (χ2n) is 6.65. The molecule has 132 valence electrons. The number of amides is 1. The lowest BCUT2D eigenvalue weighted by atomic mass is 10.1. The number of ether oxygens (including phenoxy) is 1. The van der Waals surface area contributed by atoms with Crippen molar-refractivity contribution < 1.29 is 28.6 Å². The van der Waals surface area contributed by atoms with E-state index in [2.05, 4.69) is 0 Å². The van der Waals surface area contributed by atoms with Crippen LogP contribution < -0.4 is 0 Å². The van der Waals surface area contributed by atoms with Crippen LogP contribution in [-0.2, 0) is 9.53 Å². The quantitative estimate of drug-likeness (QED) is 0.830. The molecule has 0 unspecified atom stereocenters. The molecular weight excluding hydrogens is 316 g/mol. The summed E-state index contributed by atoms with van der Waals surface area (Å²) in [4.78, 5) is 38.6. The Labute approximate surface area is 140 Å². The summed E-state index contributed by atoms with van der Waals surface area (Å²) in [7, 11) is 0. The molecule has 2 rings (SSSR count). The van der Waals surface area contributed by atoms with Crippen LogP contribution in [0.4, 0.5) is 4.79 Å². The zero-order chi connectivity index (χ0) is 17.9. The number of carbonyl (C=O) groups is 3. The SMILES string of the molecule is CC(C)(C)OC(=O)N1CCN(CC(=O)c2ccco2)[C@@H](C(=O)O)C1. The number of carboxylic acid groups (broad SMARTS) is 1. The summed E-state index contributed by atoms with van der Waals surface area (Å²) < 4.78 is 10.3. The van der Waals surface area contributed by atoms with Crippen molar-refractivity contribution >= 4 is 17.8 Å². The molecule has 24 heavy (non-hydrogen) atoms. The second-order valence-corrected chi connectivity index (χ2v) is 6.65. The average molecular weight is 338 g/mol. The molecule has 0 spiro atoms. The van der Waals surface area contributed by atoms with E-state index in [1.54, 1.807) is 26.8 Å². The zero-order valence-corrected chi connectivity index (χ0v) is 14.0. The number of nitrogens with zero attached hydrogens (tertiary/aromatic N) is 2. The maximum atomic E-state index is 12.1. The summed E-state index contributed by atoms with van der Waals surface area (Å²) >= 11 is 0. The molecule has 1 aliphatic rings. The Morgan fingerprint density at radius 1 is 1.33 bits per heavy atom. The highest BCUT2D eigenvalue weighted by Crippen LogP contribution is 2.16. The number of carboxylic acids is 1. The van der Waals surface area contributed by atoms with Crippen LogP contribution in [0.5, 0.6) is 0 Å². The molecule has 1 aliphatic heterocycles. The van der Waals surface area contributed by atoms with Crippen LogP contribution >= 0.6 is 0 Å². The van der Waals surface area contributed by atoms with Crippen LogP contribution in [0, 0.1) is 0 Å². The number of carbonyl (C=O) groups excluding carboxylic acids is 2. The van der Waals surface area contributed by atoms with Gasteiger partial charge in [-0.2, -0.15) is 0 Å². The fourth-order valence-corrected chi connectivity index (χ4v) is 2.44. The van der Waals surface area contributed by atoms with E-state index in [1.807, 2.05) is 0 Å². The molecule has 1 atom stereocenters. The Morgan fingerprint density at radius 3 is 2.58 bits per heavy atom.